The maximum atomic E-state index is 12.3. The SMILES string of the molecule is CN(C)S(=O)(=O)c1ccc2c(c1)nc(CCC(=O)NCc1ccncc1)n2C. The van der Waals surface area contributed by atoms with E-state index in [2.05, 4.69) is 15.3 Å². The van der Waals surface area contributed by atoms with Crippen molar-refractivity contribution in [2.45, 2.75) is 24.3 Å². The van der Waals surface area contributed by atoms with Crippen molar-refractivity contribution < 1.29 is 13.2 Å². The molecule has 0 saturated carbocycles. The monoisotopic (exact) mass is 401 g/mol. The van der Waals surface area contributed by atoms with E-state index in [9.17, 15) is 13.2 Å². The zero-order chi connectivity index (χ0) is 20.3. The molecule has 0 aliphatic rings. The largest absolute Gasteiger partial charge is 0.352 e. The molecule has 0 aliphatic heterocycles. The number of carbonyl (C=O) groups excluding carboxylic acids is 1. The first-order valence-corrected chi connectivity index (χ1v) is 10.3. The minimum absolute atomic E-state index is 0.0697. The Morgan fingerprint density at radius 3 is 2.57 bits per heavy atom. The molecule has 148 valence electrons. The first kappa shape index (κ1) is 20.0. The van der Waals surface area contributed by atoms with Gasteiger partial charge in [0.2, 0.25) is 15.9 Å². The lowest BCUT2D eigenvalue weighted by Crippen LogP contribution is -2.23. The van der Waals surface area contributed by atoms with Gasteiger partial charge in [0.05, 0.1) is 15.9 Å². The molecule has 2 heterocycles. The molecule has 1 aromatic carbocycles. The Labute approximate surface area is 164 Å². The van der Waals surface area contributed by atoms with Crippen molar-refractivity contribution >= 4 is 27.0 Å². The summed E-state index contributed by atoms with van der Waals surface area (Å²) in [4.78, 5) is 20.8. The summed E-state index contributed by atoms with van der Waals surface area (Å²) in [6.07, 6.45) is 4.13. The molecule has 3 aromatic rings. The van der Waals surface area contributed by atoms with E-state index in [1.807, 2.05) is 23.7 Å². The van der Waals surface area contributed by atoms with Gasteiger partial charge in [0.15, 0.2) is 0 Å². The number of hydrogen-bond donors (Lipinski definition) is 1. The number of rotatable bonds is 7. The lowest BCUT2D eigenvalue weighted by atomic mass is 10.2. The molecule has 9 heteroatoms. The predicted octanol–water partition coefficient (Wildman–Crippen LogP) is 1.47. The van der Waals surface area contributed by atoms with Gasteiger partial charge in [-0.05, 0) is 35.9 Å². The molecule has 0 radical (unpaired) electrons. The number of hydrogen-bond acceptors (Lipinski definition) is 5. The van der Waals surface area contributed by atoms with Gasteiger partial charge in [-0.1, -0.05) is 0 Å². The fourth-order valence-electron chi connectivity index (χ4n) is 2.84. The van der Waals surface area contributed by atoms with Crippen LogP contribution >= 0.6 is 0 Å². The fraction of sp³-hybridized carbons (Fsp3) is 0.316. The number of amides is 1. The second kappa shape index (κ2) is 8.07. The van der Waals surface area contributed by atoms with Crippen molar-refractivity contribution in [2.24, 2.45) is 7.05 Å². The van der Waals surface area contributed by atoms with Crippen molar-refractivity contribution in [3.05, 3.63) is 54.1 Å². The van der Waals surface area contributed by atoms with Crippen LogP contribution in [0.2, 0.25) is 0 Å². The number of benzene rings is 1. The second-order valence-electron chi connectivity index (χ2n) is 6.66. The van der Waals surface area contributed by atoms with E-state index >= 15 is 0 Å². The Bertz CT molecular complexity index is 1090. The van der Waals surface area contributed by atoms with Crippen LogP contribution in [0.4, 0.5) is 0 Å². The van der Waals surface area contributed by atoms with Crippen LogP contribution in [0.3, 0.4) is 0 Å². The lowest BCUT2D eigenvalue weighted by Gasteiger charge is -2.10. The number of sulfonamides is 1. The van der Waals surface area contributed by atoms with Crippen molar-refractivity contribution in [2.75, 3.05) is 14.1 Å². The maximum Gasteiger partial charge on any atom is 0.242 e. The molecule has 1 N–H and O–H groups in total. The van der Waals surface area contributed by atoms with E-state index in [1.54, 1.807) is 30.6 Å². The highest BCUT2D eigenvalue weighted by molar-refractivity contribution is 7.89. The van der Waals surface area contributed by atoms with Gasteiger partial charge in [0, 0.05) is 52.9 Å². The average Bonchev–Trinajstić information content (AvgIpc) is 3.00. The minimum atomic E-state index is -3.52. The van der Waals surface area contributed by atoms with Gasteiger partial charge in [-0.2, -0.15) is 0 Å². The lowest BCUT2D eigenvalue weighted by molar-refractivity contribution is -0.121. The van der Waals surface area contributed by atoms with Crippen LogP contribution in [0.1, 0.15) is 17.8 Å². The standard InChI is InChI=1S/C19H23N5O3S/c1-23(2)28(26,27)15-4-5-17-16(12-15)22-18(24(17)3)6-7-19(25)21-13-14-8-10-20-11-9-14/h4-5,8-12H,6-7,13H2,1-3H3,(H,21,25). The zero-order valence-electron chi connectivity index (χ0n) is 16.1. The summed E-state index contributed by atoms with van der Waals surface area (Å²) in [7, 11) is 1.33. The fourth-order valence-corrected chi connectivity index (χ4v) is 3.76. The molecule has 3 rings (SSSR count). The van der Waals surface area contributed by atoms with Crippen molar-refractivity contribution in [3.8, 4) is 0 Å². The van der Waals surface area contributed by atoms with Gasteiger partial charge < -0.3 is 9.88 Å². The third kappa shape index (κ3) is 4.20. The van der Waals surface area contributed by atoms with E-state index in [0.717, 1.165) is 16.9 Å². The zero-order valence-corrected chi connectivity index (χ0v) is 16.9. The molecular formula is C19H23N5O3S. The van der Waals surface area contributed by atoms with Gasteiger partial charge in [-0.15, -0.1) is 0 Å². The molecule has 0 spiro atoms. The van der Waals surface area contributed by atoms with E-state index in [0.29, 0.717) is 24.9 Å². The van der Waals surface area contributed by atoms with Crippen LogP contribution in [0.15, 0.2) is 47.6 Å². The first-order valence-electron chi connectivity index (χ1n) is 8.82. The third-order valence-electron chi connectivity index (χ3n) is 4.54. The van der Waals surface area contributed by atoms with Crippen LogP contribution in [0, 0.1) is 0 Å². The van der Waals surface area contributed by atoms with Gasteiger partial charge in [0.25, 0.3) is 0 Å². The van der Waals surface area contributed by atoms with Gasteiger partial charge in [0.1, 0.15) is 5.82 Å². The quantitative estimate of drug-likeness (QED) is 0.647. The summed E-state index contributed by atoms with van der Waals surface area (Å²) in [5.41, 5.74) is 2.41. The van der Waals surface area contributed by atoms with Crippen LogP contribution in [0.5, 0.6) is 0 Å². The van der Waals surface area contributed by atoms with Crippen molar-refractivity contribution in [3.63, 3.8) is 0 Å². The molecule has 8 nitrogen and oxygen atoms in total. The molecule has 0 atom stereocenters. The molecule has 2 aromatic heterocycles. The second-order valence-corrected chi connectivity index (χ2v) is 8.81. The van der Waals surface area contributed by atoms with E-state index in [4.69, 9.17) is 0 Å². The predicted molar refractivity (Wildman–Crippen MR) is 106 cm³/mol. The molecule has 0 aliphatic carbocycles. The molecule has 0 bridgehead atoms. The van der Waals surface area contributed by atoms with Crippen LogP contribution in [-0.4, -0.2) is 47.3 Å². The normalized spacial score (nSPS) is 11.9. The molecular weight excluding hydrogens is 378 g/mol. The summed E-state index contributed by atoms with van der Waals surface area (Å²) >= 11 is 0. The summed E-state index contributed by atoms with van der Waals surface area (Å²) < 4.78 is 27.7. The van der Waals surface area contributed by atoms with E-state index < -0.39 is 10.0 Å². The Balaban J connectivity index is 1.69. The van der Waals surface area contributed by atoms with Gasteiger partial charge in [-0.3, -0.25) is 9.78 Å². The number of imidazole rings is 1. The van der Waals surface area contributed by atoms with E-state index in [1.165, 1.54) is 18.4 Å². The van der Waals surface area contributed by atoms with Crippen LogP contribution in [-0.2, 0) is 34.8 Å². The van der Waals surface area contributed by atoms with Crippen LogP contribution < -0.4 is 5.32 Å². The number of nitrogens with zero attached hydrogens (tertiary/aromatic N) is 4. The van der Waals surface area contributed by atoms with E-state index in [-0.39, 0.29) is 10.8 Å². The van der Waals surface area contributed by atoms with Gasteiger partial charge in [-0.25, -0.2) is 17.7 Å². The number of carbonyl (C=O) groups is 1. The minimum Gasteiger partial charge on any atom is -0.352 e. The summed E-state index contributed by atoms with van der Waals surface area (Å²) in [5.74, 6) is 0.660. The summed E-state index contributed by atoms with van der Waals surface area (Å²) in [5, 5.41) is 2.88. The maximum absolute atomic E-state index is 12.3. The smallest absolute Gasteiger partial charge is 0.242 e. The number of fused-ring (bicyclic) bond motifs is 1. The number of nitrogens with one attached hydrogen (secondary N) is 1. The third-order valence-corrected chi connectivity index (χ3v) is 6.35. The number of aryl methyl sites for hydroxylation is 2. The van der Waals surface area contributed by atoms with Gasteiger partial charge >= 0.3 is 0 Å². The Morgan fingerprint density at radius 1 is 1.18 bits per heavy atom. The van der Waals surface area contributed by atoms with Crippen molar-refractivity contribution in [1.82, 2.24) is 24.2 Å². The average molecular weight is 401 g/mol. The summed E-state index contributed by atoms with van der Waals surface area (Å²) in [6, 6.07) is 8.59. The van der Waals surface area contributed by atoms with Crippen LogP contribution in [0.25, 0.3) is 11.0 Å². The molecule has 1 amide bonds. The molecule has 0 unspecified atom stereocenters. The highest BCUT2D eigenvalue weighted by atomic mass is 32.2. The summed E-state index contributed by atoms with van der Waals surface area (Å²) in [6.45, 7) is 0.454. The topological polar surface area (TPSA) is 97.2 Å². The number of aromatic nitrogens is 3. The molecule has 0 saturated heterocycles. The molecule has 0 fully saturated rings. The Hall–Kier alpha value is -2.78. The molecule has 28 heavy (non-hydrogen) atoms. The Morgan fingerprint density at radius 2 is 1.89 bits per heavy atom. The highest BCUT2D eigenvalue weighted by Gasteiger charge is 2.19. The highest BCUT2D eigenvalue weighted by Crippen LogP contribution is 2.21. The Kier molecular flexibility index (Phi) is 5.76. The van der Waals surface area contributed by atoms with Crippen molar-refractivity contribution in [1.29, 1.82) is 0 Å². The first-order chi connectivity index (χ1) is 13.3. The number of pyridine rings is 1.